The fraction of sp³-hybridized carbons (Fsp3) is 0.167. The van der Waals surface area contributed by atoms with Crippen LogP contribution in [0.4, 0.5) is 5.69 Å². The minimum atomic E-state index is -0.549. The first-order chi connectivity index (χ1) is 13.0. The second kappa shape index (κ2) is 7.38. The maximum absolute atomic E-state index is 12.8. The summed E-state index contributed by atoms with van der Waals surface area (Å²) in [5.74, 6) is 0.572. The zero-order valence-electron chi connectivity index (χ0n) is 13.9. The molecule has 1 atom stereocenters. The molecule has 0 saturated carbocycles. The van der Waals surface area contributed by atoms with E-state index in [9.17, 15) is 9.59 Å². The highest BCUT2D eigenvalue weighted by atomic mass is 35.5. The van der Waals surface area contributed by atoms with Crippen molar-refractivity contribution in [1.82, 2.24) is 9.88 Å². The molecule has 9 heteroatoms. The molecule has 27 heavy (non-hydrogen) atoms. The van der Waals surface area contributed by atoms with Gasteiger partial charge in [-0.05, 0) is 48.6 Å². The van der Waals surface area contributed by atoms with Gasteiger partial charge >= 0.3 is 0 Å². The number of oxazole rings is 1. The van der Waals surface area contributed by atoms with Crippen LogP contribution in [0.15, 0.2) is 46.9 Å². The van der Waals surface area contributed by atoms with Crippen molar-refractivity contribution in [3.63, 3.8) is 0 Å². The second-order valence-electron chi connectivity index (χ2n) is 6.01. The van der Waals surface area contributed by atoms with E-state index in [1.54, 1.807) is 59.1 Å². The lowest BCUT2D eigenvalue weighted by Gasteiger charge is -2.23. The minimum Gasteiger partial charge on any atom is -0.429 e. The third-order valence-corrected chi connectivity index (χ3v) is 5.68. The lowest BCUT2D eigenvalue weighted by molar-refractivity contribution is -0.119. The number of hydrogen-bond acceptors (Lipinski definition) is 5. The number of carbonyl (C=O) groups excluding carboxylic acids is 2. The lowest BCUT2D eigenvalue weighted by Crippen LogP contribution is -2.44. The Hall–Kier alpha value is -2.29. The molecule has 3 aromatic rings. The van der Waals surface area contributed by atoms with E-state index in [1.165, 1.54) is 0 Å². The smallest absolute Gasteiger partial charge is 0.266 e. The van der Waals surface area contributed by atoms with Crippen molar-refractivity contribution in [2.24, 2.45) is 0 Å². The Morgan fingerprint density at radius 3 is 2.81 bits per heavy atom. The molecule has 2 amide bonds. The van der Waals surface area contributed by atoms with E-state index in [4.69, 9.17) is 28.2 Å². The molecular formula is C18H14ClN3O3S2. The van der Waals surface area contributed by atoms with Crippen LogP contribution in [-0.4, -0.2) is 39.4 Å². The standard InChI is InChI=1S/C18H14ClN3O3S2/c19-11-3-1-10(2-4-11)17(24)22-9-27-8-14(22)16(23)20-12-5-6-13-15(7-12)25-18(26)21-13/h1-7,14H,8-9H2,(H,20,23)(H,21,26)/t14-/m1/s1. The van der Waals surface area contributed by atoms with E-state index in [1.807, 2.05) is 0 Å². The van der Waals surface area contributed by atoms with Gasteiger partial charge in [-0.2, -0.15) is 0 Å². The molecule has 0 bridgehead atoms. The van der Waals surface area contributed by atoms with Crippen LogP contribution in [0.25, 0.3) is 11.1 Å². The first-order valence-electron chi connectivity index (χ1n) is 8.09. The number of carbonyl (C=O) groups is 2. The van der Waals surface area contributed by atoms with Crippen LogP contribution in [0, 0.1) is 4.84 Å². The fourth-order valence-corrected chi connectivity index (χ4v) is 4.35. The van der Waals surface area contributed by atoms with Gasteiger partial charge in [0.25, 0.3) is 10.7 Å². The Kier molecular flexibility index (Phi) is 4.94. The van der Waals surface area contributed by atoms with E-state index in [-0.39, 0.29) is 16.7 Å². The summed E-state index contributed by atoms with van der Waals surface area (Å²) in [7, 11) is 0. The molecule has 1 saturated heterocycles. The summed E-state index contributed by atoms with van der Waals surface area (Å²) in [5.41, 5.74) is 2.41. The zero-order chi connectivity index (χ0) is 19.0. The molecule has 138 valence electrons. The predicted octanol–water partition coefficient (Wildman–Crippen LogP) is 4.30. The number of nitrogens with one attached hydrogen (secondary N) is 2. The molecule has 0 radical (unpaired) electrons. The van der Waals surface area contributed by atoms with Crippen LogP contribution in [0.1, 0.15) is 10.4 Å². The van der Waals surface area contributed by atoms with E-state index in [0.717, 1.165) is 5.52 Å². The maximum atomic E-state index is 12.8. The van der Waals surface area contributed by atoms with Gasteiger partial charge in [-0.25, -0.2) is 0 Å². The quantitative estimate of drug-likeness (QED) is 0.619. The average Bonchev–Trinajstić information content (AvgIpc) is 3.27. The molecule has 1 aliphatic rings. The Morgan fingerprint density at radius 2 is 2.04 bits per heavy atom. The van der Waals surface area contributed by atoms with Gasteiger partial charge in [0.05, 0.1) is 11.4 Å². The summed E-state index contributed by atoms with van der Waals surface area (Å²) < 4.78 is 5.37. The number of fused-ring (bicyclic) bond motifs is 1. The highest BCUT2D eigenvalue weighted by molar-refractivity contribution is 7.99. The van der Waals surface area contributed by atoms with Crippen molar-refractivity contribution in [2.45, 2.75) is 6.04 Å². The van der Waals surface area contributed by atoms with E-state index in [0.29, 0.717) is 33.5 Å². The topological polar surface area (TPSA) is 78.3 Å². The monoisotopic (exact) mass is 419 g/mol. The number of rotatable bonds is 3. The van der Waals surface area contributed by atoms with E-state index >= 15 is 0 Å². The van der Waals surface area contributed by atoms with Gasteiger partial charge in [0.2, 0.25) is 5.91 Å². The Bertz CT molecular complexity index is 1080. The molecule has 1 aromatic heterocycles. The van der Waals surface area contributed by atoms with Gasteiger partial charge in [0.1, 0.15) is 6.04 Å². The molecular weight excluding hydrogens is 406 g/mol. The Morgan fingerprint density at radius 1 is 1.26 bits per heavy atom. The predicted molar refractivity (Wildman–Crippen MR) is 109 cm³/mol. The first kappa shape index (κ1) is 18.1. The Balaban J connectivity index is 1.51. The van der Waals surface area contributed by atoms with Crippen molar-refractivity contribution in [3.8, 4) is 0 Å². The molecule has 2 aromatic carbocycles. The number of nitrogens with zero attached hydrogens (tertiary/aromatic N) is 1. The number of hydrogen-bond donors (Lipinski definition) is 2. The molecule has 0 spiro atoms. The summed E-state index contributed by atoms with van der Waals surface area (Å²) in [6.07, 6.45) is 0. The fourth-order valence-electron chi connectivity index (χ4n) is 2.87. The number of halogens is 1. The molecule has 4 rings (SSSR count). The number of thioether (sulfide) groups is 1. The van der Waals surface area contributed by atoms with E-state index < -0.39 is 6.04 Å². The van der Waals surface area contributed by atoms with Crippen molar-refractivity contribution in [1.29, 1.82) is 0 Å². The number of aromatic amines is 1. The highest BCUT2D eigenvalue weighted by Crippen LogP contribution is 2.26. The largest absolute Gasteiger partial charge is 0.429 e. The van der Waals surface area contributed by atoms with Crippen molar-refractivity contribution >= 4 is 64.2 Å². The minimum absolute atomic E-state index is 0.191. The van der Waals surface area contributed by atoms with Gasteiger partial charge in [-0.15, -0.1) is 11.8 Å². The molecule has 0 aliphatic carbocycles. The normalized spacial score (nSPS) is 16.6. The number of benzene rings is 2. The average molecular weight is 420 g/mol. The van der Waals surface area contributed by atoms with Crippen LogP contribution < -0.4 is 5.32 Å². The van der Waals surface area contributed by atoms with Gasteiger partial charge < -0.3 is 19.6 Å². The molecule has 1 fully saturated rings. The number of aromatic nitrogens is 1. The molecule has 6 nitrogen and oxygen atoms in total. The third kappa shape index (κ3) is 3.73. The summed E-state index contributed by atoms with van der Waals surface area (Å²) in [6.45, 7) is 0. The Labute approximate surface area is 168 Å². The SMILES string of the molecule is O=C(Nc1ccc2[nH]c(=S)oc2c1)[C@H]1CSCN1C(=O)c1ccc(Cl)cc1. The van der Waals surface area contributed by atoms with E-state index in [2.05, 4.69) is 10.3 Å². The summed E-state index contributed by atoms with van der Waals surface area (Å²) in [5, 5.41) is 3.42. The van der Waals surface area contributed by atoms with Gasteiger partial charge in [0.15, 0.2) is 5.58 Å². The number of H-pyrrole nitrogens is 1. The third-order valence-electron chi connectivity index (χ3n) is 4.23. The van der Waals surface area contributed by atoms with Crippen LogP contribution in [-0.2, 0) is 4.79 Å². The molecule has 0 unspecified atom stereocenters. The number of anilines is 1. The van der Waals surface area contributed by atoms with Crippen LogP contribution in [0.2, 0.25) is 5.02 Å². The number of amides is 2. The highest BCUT2D eigenvalue weighted by Gasteiger charge is 2.35. The van der Waals surface area contributed by atoms with Gasteiger partial charge in [-0.1, -0.05) is 11.6 Å². The van der Waals surface area contributed by atoms with Crippen LogP contribution in [0.5, 0.6) is 0 Å². The maximum Gasteiger partial charge on any atom is 0.266 e. The van der Waals surface area contributed by atoms with Gasteiger partial charge in [-0.3, -0.25) is 9.59 Å². The van der Waals surface area contributed by atoms with Crippen molar-refractivity contribution in [3.05, 3.63) is 57.9 Å². The van der Waals surface area contributed by atoms with Crippen LogP contribution in [0.3, 0.4) is 0 Å². The van der Waals surface area contributed by atoms with Crippen molar-refractivity contribution in [2.75, 3.05) is 16.9 Å². The lowest BCUT2D eigenvalue weighted by atomic mass is 10.1. The summed E-state index contributed by atoms with van der Waals surface area (Å²) >= 11 is 12.4. The van der Waals surface area contributed by atoms with Crippen molar-refractivity contribution < 1.29 is 14.0 Å². The first-order valence-corrected chi connectivity index (χ1v) is 10.0. The van der Waals surface area contributed by atoms with Gasteiger partial charge in [0, 0.05) is 28.1 Å². The summed E-state index contributed by atoms with van der Waals surface area (Å²) in [4.78, 5) is 30.3. The zero-order valence-corrected chi connectivity index (χ0v) is 16.3. The summed E-state index contributed by atoms with van der Waals surface area (Å²) in [6, 6.07) is 11.3. The van der Waals surface area contributed by atoms with Crippen LogP contribution >= 0.6 is 35.6 Å². The molecule has 1 aliphatic heterocycles. The second-order valence-corrected chi connectivity index (χ2v) is 7.82. The molecule has 2 N–H and O–H groups in total. The molecule has 2 heterocycles.